The zero-order valence-corrected chi connectivity index (χ0v) is 10.6. The molecule has 1 atom stereocenters. The number of carbonyl (C=O) groups excluding carboxylic acids is 1. The molecule has 0 aromatic heterocycles. The van der Waals surface area contributed by atoms with Gasteiger partial charge in [0, 0.05) is 19.2 Å². The van der Waals surface area contributed by atoms with Crippen molar-refractivity contribution in [1.82, 2.24) is 10.2 Å². The Morgan fingerprint density at radius 1 is 1.35 bits per heavy atom. The first kappa shape index (κ1) is 15.7. The van der Waals surface area contributed by atoms with Gasteiger partial charge in [0.25, 0.3) is 0 Å². The molecule has 6 heteroatoms. The second-order valence-electron chi connectivity index (χ2n) is 4.11. The number of hydrogen-bond donors (Lipinski definition) is 3. The van der Waals surface area contributed by atoms with E-state index >= 15 is 0 Å². The molecule has 0 aliphatic carbocycles. The van der Waals surface area contributed by atoms with Crippen molar-refractivity contribution in [2.45, 2.75) is 45.7 Å². The van der Waals surface area contributed by atoms with Crippen molar-refractivity contribution in [2.75, 3.05) is 13.2 Å². The van der Waals surface area contributed by atoms with Gasteiger partial charge in [-0.25, -0.2) is 9.59 Å². The quantitative estimate of drug-likeness (QED) is 0.615. The molecule has 0 saturated carbocycles. The van der Waals surface area contributed by atoms with Gasteiger partial charge in [-0.3, -0.25) is 0 Å². The number of carboxylic acids is 1. The van der Waals surface area contributed by atoms with Gasteiger partial charge >= 0.3 is 12.0 Å². The van der Waals surface area contributed by atoms with Crippen LogP contribution < -0.4 is 5.32 Å². The van der Waals surface area contributed by atoms with Crippen molar-refractivity contribution in [3.05, 3.63) is 0 Å². The third-order valence-corrected chi connectivity index (χ3v) is 2.45. The van der Waals surface area contributed by atoms with Crippen LogP contribution in [0.1, 0.15) is 33.6 Å². The molecule has 0 heterocycles. The molecule has 0 radical (unpaired) electrons. The first-order chi connectivity index (χ1) is 7.93. The Morgan fingerprint density at radius 3 is 2.29 bits per heavy atom. The van der Waals surface area contributed by atoms with Crippen LogP contribution in [0.5, 0.6) is 0 Å². The van der Waals surface area contributed by atoms with Crippen molar-refractivity contribution in [1.29, 1.82) is 0 Å². The van der Waals surface area contributed by atoms with Crippen LogP contribution in [0.4, 0.5) is 4.79 Å². The number of rotatable bonds is 7. The van der Waals surface area contributed by atoms with Crippen LogP contribution in [-0.4, -0.2) is 52.3 Å². The van der Waals surface area contributed by atoms with Crippen molar-refractivity contribution in [3.8, 4) is 0 Å². The maximum atomic E-state index is 11.8. The molecule has 3 N–H and O–H groups in total. The highest BCUT2D eigenvalue weighted by atomic mass is 16.4. The zero-order valence-electron chi connectivity index (χ0n) is 10.6. The predicted octanol–water partition coefficient (Wildman–Crippen LogP) is 0.652. The second kappa shape index (κ2) is 7.89. The minimum atomic E-state index is -1.04. The van der Waals surface area contributed by atoms with Gasteiger partial charge in [-0.05, 0) is 26.7 Å². The number of carboxylic acid groups (broad SMARTS) is 1. The first-order valence-corrected chi connectivity index (χ1v) is 5.84. The lowest BCUT2D eigenvalue weighted by Crippen LogP contribution is -2.50. The molecular weight excluding hydrogens is 224 g/mol. The number of aliphatic hydroxyl groups excluding tert-OH is 1. The summed E-state index contributed by atoms with van der Waals surface area (Å²) in [5.74, 6) is -1.04. The standard InChI is InChI=1S/C11H22N2O4/c1-4-9(10(15)16)12-11(17)13(8(2)3)6-5-7-14/h8-9,14H,4-7H2,1-3H3,(H,12,17)(H,15,16)/t9-/m1/s1. The Kier molecular flexibility index (Phi) is 7.29. The monoisotopic (exact) mass is 246 g/mol. The number of urea groups is 1. The lowest BCUT2D eigenvalue weighted by molar-refractivity contribution is -0.139. The minimum absolute atomic E-state index is 0.00658. The van der Waals surface area contributed by atoms with Crippen LogP contribution in [0.15, 0.2) is 0 Å². The van der Waals surface area contributed by atoms with Crippen LogP contribution in [0, 0.1) is 0 Å². The molecule has 0 saturated heterocycles. The van der Waals surface area contributed by atoms with Gasteiger partial charge in [0.15, 0.2) is 0 Å². The summed E-state index contributed by atoms with van der Waals surface area (Å²) < 4.78 is 0. The Balaban J connectivity index is 4.45. The average Bonchev–Trinajstić information content (AvgIpc) is 2.25. The molecule has 0 aliphatic heterocycles. The van der Waals surface area contributed by atoms with Gasteiger partial charge in [0.05, 0.1) is 0 Å². The van der Waals surface area contributed by atoms with Crippen LogP contribution in [0.25, 0.3) is 0 Å². The fourth-order valence-electron chi connectivity index (χ4n) is 1.41. The lowest BCUT2D eigenvalue weighted by Gasteiger charge is -2.28. The molecule has 2 amide bonds. The highest BCUT2D eigenvalue weighted by Crippen LogP contribution is 2.02. The smallest absolute Gasteiger partial charge is 0.326 e. The van der Waals surface area contributed by atoms with E-state index in [0.717, 1.165) is 0 Å². The Morgan fingerprint density at radius 2 is 1.94 bits per heavy atom. The number of amides is 2. The molecule has 0 aromatic carbocycles. The van der Waals surface area contributed by atoms with Crippen LogP contribution in [0.3, 0.4) is 0 Å². The number of nitrogens with zero attached hydrogens (tertiary/aromatic N) is 1. The summed E-state index contributed by atoms with van der Waals surface area (Å²) in [6.07, 6.45) is 0.822. The topological polar surface area (TPSA) is 89.9 Å². The maximum absolute atomic E-state index is 11.8. The first-order valence-electron chi connectivity index (χ1n) is 5.84. The van der Waals surface area contributed by atoms with Crippen molar-refractivity contribution in [2.24, 2.45) is 0 Å². The summed E-state index contributed by atoms with van der Waals surface area (Å²) in [6, 6.07) is -1.30. The average molecular weight is 246 g/mol. The third-order valence-electron chi connectivity index (χ3n) is 2.45. The molecule has 0 rings (SSSR count). The van der Waals surface area contributed by atoms with Crippen molar-refractivity contribution in [3.63, 3.8) is 0 Å². The van der Waals surface area contributed by atoms with E-state index in [4.69, 9.17) is 10.2 Å². The highest BCUT2D eigenvalue weighted by Gasteiger charge is 2.22. The molecule has 6 nitrogen and oxygen atoms in total. The van der Waals surface area contributed by atoms with Crippen molar-refractivity contribution < 1.29 is 19.8 Å². The molecule has 0 spiro atoms. The number of carbonyl (C=O) groups is 2. The SMILES string of the molecule is CC[C@@H](NC(=O)N(CCCO)C(C)C)C(=O)O. The van der Waals surface area contributed by atoms with E-state index in [1.807, 2.05) is 13.8 Å². The van der Waals surface area contributed by atoms with Crippen LogP contribution >= 0.6 is 0 Å². The van der Waals surface area contributed by atoms with Gasteiger partial charge < -0.3 is 20.4 Å². The molecule has 0 aromatic rings. The molecule has 0 bridgehead atoms. The molecule has 0 fully saturated rings. The third kappa shape index (κ3) is 5.53. The normalized spacial score (nSPS) is 12.3. The van der Waals surface area contributed by atoms with Crippen LogP contribution in [-0.2, 0) is 4.79 Å². The van der Waals surface area contributed by atoms with Crippen LogP contribution in [0.2, 0.25) is 0 Å². The van der Waals surface area contributed by atoms with E-state index in [9.17, 15) is 9.59 Å². The van der Waals surface area contributed by atoms with Gasteiger partial charge in [0.1, 0.15) is 6.04 Å². The Hall–Kier alpha value is -1.30. The number of nitrogens with one attached hydrogen (secondary N) is 1. The number of hydrogen-bond acceptors (Lipinski definition) is 3. The zero-order chi connectivity index (χ0) is 13.4. The van der Waals surface area contributed by atoms with E-state index in [0.29, 0.717) is 19.4 Å². The summed E-state index contributed by atoms with van der Waals surface area (Å²) in [5, 5.41) is 20.1. The summed E-state index contributed by atoms with van der Waals surface area (Å²) in [5.41, 5.74) is 0. The summed E-state index contributed by atoms with van der Waals surface area (Å²) in [4.78, 5) is 24.1. The number of aliphatic hydroxyl groups is 1. The van der Waals surface area contributed by atoms with E-state index in [2.05, 4.69) is 5.32 Å². The fourth-order valence-corrected chi connectivity index (χ4v) is 1.41. The minimum Gasteiger partial charge on any atom is -0.480 e. The fraction of sp³-hybridized carbons (Fsp3) is 0.818. The summed E-state index contributed by atoms with van der Waals surface area (Å²) >= 11 is 0. The highest BCUT2D eigenvalue weighted by molar-refractivity contribution is 5.82. The van der Waals surface area contributed by atoms with Gasteiger partial charge in [-0.15, -0.1) is 0 Å². The Labute approximate surface area is 102 Å². The molecule has 0 aliphatic rings. The largest absolute Gasteiger partial charge is 0.480 e. The van der Waals surface area contributed by atoms with E-state index < -0.39 is 18.0 Å². The maximum Gasteiger partial charge on any atom is 0.326 e. The van der Waals surface area contributed by atoms with E-state index in [1.54, 1.807) is 6.92 Å². The van der Waals surface area contributed by atoms with Gasteiger partial charge in [0.2, 0.25) is 0 Å². The number of aliphatic carboxylic acids is 1. The lowest BCUT2D eigenvalue weighted by atomic mass is 10.2. The van der Waals surface area contributed by atoms with Crippen molar-refractivity contribution >= 4 is 12.0 Å². The second-order valence-corrected chi connectivity index (χ2v) is 4.11. The predicted molar refractivity (Wildman–Crippen MR) is 63.8 cm³/mol. The van der Waals surface area contributed by atoms with E-state index in [-0.39, 0.29) is 12.6 Å². The Bertz CT molecular complexity index is 256. The molecule has 100 valence electrons. The summed E-state index contributed by atoms with van der Waals surface area (Å²) in [7, 11) is 0. The molecule has 0 unspecified atom stereocenters. The van der Waals surface area contributed by atoms with E-state index in [1.165, 1.54) is 4.90 Å². The molecular formula is C11H22N2O4. The summed E-state index contributed by atoms with van der Waals surface area (Å²) in [6.45, 7) is 5.81. The molecule has 17 heavy (non-hydrogen) atoms. The van der Waals surface area contributed by atoms with Gasteiger partial charge in [-0.1, -0.05) is 6.92 Å². The van der Waals surface area contributed by atoms with Gasteiger partial charge in [-0.2, -0.15) is 0 Å².